The highest BCUT2D eigenvalue weighted by atomic mass is 35.5. The van der Waals surface area contributed by atoms with Crippen LogP contribution in [0.5, 0.6) is 0 Å². The monoisotopic (exact) mass is 249 g/mol. The number of hydrogen-bond donors (Lipinski definition) is 2. The summed E-state index contributed by atoms with van der Waals surface area (Å²) in [5.74, 6) is 0.00244. The number of nitrogens with one attached hydrogen (secondary N) is 2. The molecule has 0 atom stereocenters. The van der Waals surface area contributed by atoms with Crippen LogP contribution in [0, 0.1) is 5.92 Å². The Bertz CT molecular complexity index is 254. The third-order valence-corrected chi connectivity index (χ3v) is 2.34. The van der Waals surface area contributed by atoms with Crippen molar-refractivity contribution in [2.24, 2.45) is 5.92 Å². The van der Waals surface area contributed by atoms with Crippen LogP contribution in [0.1, 0.15) is 13.8 Å². The molecule has 0 aromatic heterocycles. The maximum Gasteiger partial charge on any atom is 0.239 e. The van der Waals surface area contributed by atoms with Crippen LogP contribution in [0.25, 0.3) is 0 Å². The van der Waals surface area contributed by atoms with Crippen LogP contribution in [0.4, 0.5) is 0 Å². The van der Waals surface area contributed by atoms with Crippen molar-refractivity contribution in [3.63, 3.8) is 0 Å². The Labute approximate surface area is 102 Å². The van der Waals surface area contributed by atoms with Crippen LogP contribution in [0.3, 0.4) is 0 Å². The predicted molar refractivity (Wildman–Crippen MR) is 64.5 cm³/mol. The molecular weight excluding hydrogens is 230 g/mol. The molecule has 1 saturated heterocycles. The first-order chi connectivity index (χ1) is 7.00. The minimum Gasteiger partial charge on any atom is -0.352 e. The Kier molecular flexibility index (Phi) is 6.36. The van der Waals surface area contributed by atoms with Crippen molar-refractivity contribution in [3.05, 3.63) is 0 Å². The second-order valence-corrected chi connectivity index (χ2v) is 4.27. The van der Waals surface area contributed by atoms with Gasteiger partial charge in [0, 0.05) is 26.2 Å². The highest BCUT2D eigenvalue weighted by Crippen LogP contribution is 2.06. The van der Waals surface area contributed by atoms with Crippen molar-refractivity contribution in [1.29, 1.82) is 0 Å². The number of carbonyl (C=O) groups is 2. The number of rotatable bonds is 4. The molecule has 1 aliphatic heterocycles. The lowest BCUT2D eigenvalue weighted by atomic mass is 10.0. The maximum atomic E-state index is 11.7. The molecule has 16 heavy (non-hydrogen) atoms. The predicted octanol–water partition coefficient (Wildman–Crippen LogP) is -0.389. The van der Waals surface area contributed by atoms with Gasteiger partial charge in [-0.3, -0.25) is 9.59 Å². The number of hydrogen-bond acceptors (Lipinski definition) is 3. The van der Waals surface area contributed by atoms with Crippen molar-refractivity contribution >= 4 is 24.2 Å². The maximum absolute atomic E-state index is 11.7. The third-order valence-electron chi connectivity index (χ3n) is 2.34. The van der Waals surface area contributed by atoms with Gasteiger partial charge in [0.25, 0.3) is 0 Å². The Hall–Kier alpha value is -0.810. The zero-order valence-electron chi connectivity index (χ0n) is 9.95. The molecule has 0 aliphatic carbocycles. The van der Waals surface area contributed by atoms with Crippen molar-refractivity contribution in [3.8, 4) is 0 Å². The molecule has 94 valence electrons. The molecular formula is C10H20ClN3O2. The highest BCUT2D eigenvalue weighted by molar-refractivity contribution is 5.86. The van der Waals surface area contributed by atoms with Gasteiger partial charge in [0.1, 0.15) is 0 Å². The first kappa shape index (κ1) is 15.2. The first-order valence-electron chi connectivity index (χ1n) is 5.25. The lowest BCUT2D eigenvalue weighted by Gasteiger charge is -2.30. The van der Waals surface area contributed by atoms with E-state index >= 15 is 0 Å². The quantitative estimate of drug-likeness (QED) is 0.714. The average molecular weight is 250 g/mol. The Balaban J connectivity index is 0.00000225. The fourth-order valence-corrected chi connectivity index (χ4v) is 1.44. The van der Waals surface area contributed by atoms with Gasteiger partial charge in [-0.05, 0) is 13.8 Å². The van der Waals surface area contributed by atoms with Crippen LogP contribution < -0.4 is 10.6 Å². The molecule has 2 amide bonds. The van der Waals surface area contributed by atoms with E-state index in [2.05, 4.69) is 10.6 Å². The summed E-state index contributed by atoms with van der Waals surface area (Å²) in [5.41, 5.74) is 0. The van der Waals surface area contributed by atoms with E-state index in [1.54, 1.807) is 7.05 Å². The minimum atomic E-state index is -0.104. The van der Waals surface area contributed by atoms with E-state index < -0.39 is 0 Å². The van der Waals surface area contributed by atoms with Crippen LogP contribution in [-0.4, -0.2) is 49.4 Å². The molecule has 0 aromatic carbocycles. The molecule has 2 N–H and O–H groups in total. The summed E-state index contributed by atoms with van der Waals surface area (Å²) in [7, 11) is 1.67. The summed E-state index contributed by atoms with van der Waals surface area (Å²) in [6, 6.07) is 0.117. The van der Waals surface area contributed by atoms with E-state index in [4.69, 9.17) is 0 Å². The number of carbonyl (C=O) groups excluding carboxylic acids is 2. The Morgan fingerprint density at radius 1 is 1.44 bits per heavy atom. The van der Waals surface area contributed by atoms with Gasteiger partial charge < -0.3 is 15.5 Å². The van der Waals surface area contributed by atoms with E-state index in [0.717, 1.165) is 13.1 Å². The summed E-state index contributed by atoms with van der Waals surface area (Å²) in [4.78, 5) is 24.5. The molecule has 0 spiro atoms. The Morgan fingerprint density at radius 3 is 2.38 bits per heavy atom. The summed E-state index contributed by atoms with van der Waals surface area (Å²) in [6.07, 6.45) is 0. The summed E-state index contributed by atoms with van der Waals surface area (Å²) < 4.78 is 0. The number of amides is 2. The second kappa shape index (κ2) is 6.70. The molecule has 0 saturated carbocycles. The van der Waals surface area contributed by atoms with Gasteiger partial charge in [-0.2, -0.15) is 0 Å². The second-order valence-electron chi connectivity index (χ2n) is 4.27. The standard InChI is InChI=1S/C10H19N3O2.ClH/c1-7(2)12-9(14)6-13(3)10(15)8-4-11-5-8;/h7-8,11H,4-6H2,1-3H3,(H,12,14);1H. The summed E-state index contributed by atoms with van der Waals surface area (Å²) in [5, 5.41) is 5.79. The molecule has 0 unspecified atom stereocenters. The van der Waals surface area contributed by atoms with Crippen molar-refractivity contribution in [1.82, 2.24) is 15.5 Å². The van der Waals surface area contributed by atoms with E-state index in [1.165, 1.54) is 4.90 Å². The Morgan fingerprint density at radius 2 is 2.00 bits per heavy atom. The molecule has 1 rings (SSSR count). The number of likely N-dealkylation sites (N-methyl/N-ethyl adjacent to an activating group) is 1. The van der Waals surface area contributed by atoms with Gasteiger partial charge in [-0.15, -0.1) is 12.4 Å². The molecule has 1 fully saturated rings. The lowest BCUT2D eigenvalue weighted by molar-refractivity contribution is -0.139. The van der Waals surface area contributed by atoms with Crippen LogP contribution in [0.15, 0.2) is 0 Å². The largest absolute Gasteiger partial charge is 0.352 e. The fraction of sp³-hybridized carbons (Fsp3) is 0.800. The van der Waals surface area contributed by atoms with Crippen molar-refractivity contribution < 1.29 is 9.59 Å². The zero-order chi connectivity index (χ0) is 11.4. The topological polar surface area (TPSA) is 61.4 Å². The van der Waals surface area contributed by atoms with E-state index in [0.29, 0.717) is 0 Å². The van der Waals surface area contributed by atoms with Crippen molar-refractivity contribution in [2.75, 3.05) is 26.7 Å². The summed E-state index contributed by atoms with van der Waals surface area (Å²) in [6.45, 7) is 5.41. The molecule has 0 aromatic rings. The van der Waals surface area contributed by atoms with Gasteiger partial charge in [-0.1, -0.05) is 0 Å². The highest BCUT2D eigenvalue weighted by Gasteiger charge is 2.28. The molecule has 1 aliphatic rings. The number of halogens is 1. The first-order valence-corrected chi connectivity index (χ1v) is 5.25. The summed E-state index contributed by atoms with van der Waals surface area (Å²) >= 11 is 0. The van der Waals surface area contributed by atoms with Crippen molar-refractivity contribution in [2.45, 2.75) is 19.9 Å². The van der Waals surface area contributed by atoms with Crippen LogP contribution >= 0.6 is 12.4 Å². The minimum absolute atomic E-state index is 0. The third kappa shape index (κ3) is 4.37. The SMILES string of the molecule is CC(C)NC(=O)CN(C)C(=O)C1CNC1.Cl. The van der Waals surface area contributed by atoms with Crippen LogP contribution in [0.2, 0.25) is 0 Å². The molecule has 5 nitrogen and oxygen atoms in total. The molecule has 0 bridgehead atoms. The lowest BCUT2D eigenvalue weighted by Crippen LogP contribution is -2.52. The molecule has 6 heteroatoms. The van der Waals surface area contributed by atoms with E-state index in [-0.39, 0.29) is 42.7 Å². The van der Waals surface area contributed by atoms with Crippen LogP contribution in [-0.2, 0) is 9.59 Å². The molecule has 1 heterocycles. The smallest absolute Gasteiger partial charge is 0.239 e. The normalized spacial score (nSPS) is 15.0. The zero-order valence-corrected chi connectivity index (χ0v) is 10.8. The fourth-order valence-electron chi connectivity index (χ4n) is 1.44. The number of nitrogens with zero attached hydrogens (tertiary/aromatic N) is 1. The van der Waals surface area contributed by atoms with E-state index in [1.807, 2.05) is 13.8 Å². The average Bonchev–Trinajstić information content (AvgIpc) is 1.98. The van der Waals surface area contributed by atoms with E-state index in [9.17, 15) is 9.59 Å². The van der Waals surface area contributed by atoms with Gasteiger partial charge in [0.15, 0.2) is 0 Å². The molecule has 0 radical (unpaired) electrons. The van der Waals surface area contributed by atoms with Gasteiger partial charge in [0.05, 0.1) is 12.5 Å². The van der Waals surface area contributed by atoms with Gasteiger partial charge >= 0.3 is 0 Å². The van der Waals surface area contributed by atoms with Gasteiger partial charge in [0.2, 0.25) is 11.8 Å². The van der Waals surface area contributed by atoms with Gasteiger partial charge in [-0.25, -0.2) is 0 Å².